The summed E-state index contributed by atoms with van der Waals surface area (Å²) in [6.45, 7) is 0.402. The molecule has 0 atom stereocenters. The number of para-hydroxylation sites is 2. The number of nitrogens with zero attached hydrogens (tertiary/aromatic N) is 3. The maximum absolute atomic E-state index is 12.5. The summed E-state index contributed by atoms with van der Waals surface area (Å²) < 4.78 is 3.23. The zero-order valence-corrected chi connectivity index (χ0v) is 16.7. The van der Waals surface area contributed by atoms with Crippen molar-refractivity contribution >= 4 is 49.7 Å². The third-order valence-corrected chi connectivity index (χ3v) is 6.55. The number of rotatable bonds is 4. The lowest BCUT2D eigenvalue weighted by Crippen LogP contribution is -2.23. The molecule has 0 spiro atoms. The summed E-state index contributed by atoms with van der Waals surface area (Å²) in [5.74, 6) is -0.180. The molecule has 3 aromatic heterocycles. The fraction of sp³-hybridized carbons (Fsp3) is 0.0952. The number of thiazole rings is 2. The molecule has 5 rings (SSSR count). The lowest BCUT2D eigenvalue weighted by atomic mass is 10.2. The summed E-state index contributed by atoms with van der Waals surface area (Å²) in [6, 6.07) is 18.3. The first-order valence-corrected chi connectivity index (χ1v) is 10.5. The van der Waals surface area contributed by atoms with Crippen LogP contribution in [0.4, 0.5) is 0 Å². The van der Waals surface area contributed by atoms with Gasteiger partial charge in [0, 0.05) is 23.3 Å². The van der Waals surface area contributed by atoms with Crippen molar-refractivity contribution < 1.29 is 4.79 Å². The Labute approximate surface area is 169 Å². The molecular formula is C21H16N4OS2. The van der Waals surface area contributed by atoms with Gasteiger partial charge in [0.1, 0.15) is 15.7 Å². The molecule has 138 valence electrons. The average molecular weight is 405 g/mol. The second-order valence-electron chi connectivity index (χ2n) is 6.44. The number of hydrogen-bond acceptors (Lipinski definition) is 5. The molecule has 1 amide bonds. The van der Waals surface area contributed by atoms with Crippen LogP contribution in [0.5, 0.6) is 0 Å². The van der Waals surface area contributed by atoms with Crippen molar-refractivity contribution in [2.24, 2.45) is 7.05 Å². The number of fused-ring (bicyclic) bond motifs is 2. The van der Waals surface area contributed by atoms with E-state index in [4.69, 9.17) is 0 Å². The maximum Gasteiger partial charge on any atom is 0.271 e. The molecule has 0 radical (unpaired) electrons. The minimum absolute atomic E-state index is 0.180. The normalized spacial score (nSPS) is 11.3. The van der Waals surface area contributed by atoms with Gasteiger partial charge in [-0.1, -0.05) is 30.3 Å². The van der Waals surface area contributed by atoms with Crippen LogP contribution in [-0.4, -0.2) is 20.4 Å². The number of carbonyl (C=O) groups excluding carboxylic acids is 1. The topological polar surface area (TPSA) is 59.8 Å². The Morgan fingerprint density at radius 3 is 2.79 bits per heavy atom. The molecule has 0 aliphatic heterocycles. The van der Waals surface area contributed by atoms with Gasteiger partial charge in [-0.15, -0.1) is 22.7 Å². The number of hydrogen-bond donors (Lipinski definition) is 1. The van der Waals surface area contributed by atoms with Gasteiger partial charge in [-0.3, -0.25) is 4.79 Å². The van der Waals surface area contributed by atoms with Crippen molar-refractivity contribution in [3.05, 3.63) is 70.7 Å². The second kappa shape index (κ2) is 6.85. The second-order valence-corrected chi connectivity index (χ2v) is 8.42. The fourth-order valence-electron chi connectivity index (χ4n) is 3.23. The maximum atomic E-state index is 12.5. The van der Waals surface area contributed by atoms with Crippen LogP contribution >= 0.6 is 22.7 Å². The number of aryl methyl sites for hydroxylation is 1. The highest BCUT2D eigenvalue weighted by Crippen LogP contribution is 2.29. The lowest BCUT2D eigenvalue weighted by Gasteiger charge is -2.01. The number of benzene rings is 2. The van der Waals surface area contributed by atoms with E-state index in [0.29, 0.717) is 12.2 Å². The summed E-state index contributed by atoms with van der Waals surface area (Å²) in [5.41, 5.74) is 3.56. The molecule has 0 aliphatic carbocycles. The Bertz CT molecular complexity index is 1280. The van der Waals surface area contributed by atoms with E-state index in [-0.39, 0.29) is 5.91 Å². The van der Waals surface area contributed by atoms with Crippen molar-refractivity contribution in [3.63, 3.8) is 0 Å². The van der Waals surface area contributed by atoms with Crippen LogP contribution in [0.25, 0.3) is 31.8 Å². The first kappa shape index (κ1) is 17.1. The number of aromatic nitrogens is 3. The molecule has 7 heteroatoms. The molecular weight excluding hydrogens is 388 g/mol. The minimum Gasteiger partial charge on any atom is -0.344 e. The molecule has 1 N–H and O–H groups in total. The van der Waals surface area contributed by atoms with Gasteiger partial charge in [0.25, 0.3) is 5.91 Å². The zero-order valence-electron chi connectivity index (χ0n) is 15.0. The molecule has 28 heavy (non-hydrogen) atoms. The summed E-state index contributed by atoms with van der Waals surface area (Å²) in [6.07, 6.45) is 0. The van der Waals surface area contributed by atoms with Gasteiger partial charge in [-0.25, -0.2) is 9.97 Å². The molecule has 0 saturated heterocycles. The summed E-state index contributed by atoms with van der Waals surface area (Å²) >= 11 is 3.07. The molecule has 0 unspecified atom stereocenters. The van der Waals surface area contributed by atoms with E-state index in [1.807, 2.05) is 43.4 Å². The van der Waals surface area contributed by atoms with E-state index in [9.17, 15) is 4.79 Å². The minimum atomic E-state index is -0.180. The Morgan fingerprint density at radius 2 is 1.93 bits per heavy atom. The van der Waals surface area contributed by atoms with Gasteiger partial charge in [0.15, 0.2) is 0 Å². The van der Waals surface area contributed by atoms with Gasteiger partial charge < -0.3 is 9.88 Å². The zero-order chi connectivity index (χ0) is 19.1. The van der Waals surface area contributed by atoms with Crippen molar-refractivity contribution in [3.8, 4) is 10.7 Å². The average Bonchev–Trinajstić information content (AvgIpc) is 3.43. The van der Waals surface area contributed by atoms with E-state index in [1.165, 1.54) is 11.3 Å². The number of carbonyl (C=O) groups is 1. The summed E-state index contributed by atoms with van der Waals surface area (Å²) in [7, 11) is 2.02. The third kappa shape index (κ3) is 2.98. The standard InChI is InChI=1S/C21H16N4OS2/c1-25-16-8-4-2-6-13(16)10-17(25)21-24-15(12-27-21)20(26)22-11-19-23-14-7-3-5-9-18(14)28-19/h2-10,12H,11H2,1H3,(H,22,26). The van der Waals surface area contributed by atoms with Gasteiger partial charge in [0.2, 0.25) is 0 Å². The number of amides is 1. The molecule has 5 aromatic rings. The number of nitrogens with one attached hydrogen (secondary N) is 1. The Hall–Kier alpha value is -3.03. The smallest absolute Gasteiger partial charge is 0.271 e. The van der Waals surface area contributed by atoms with E-state index < -0.39 is 0 Å². The molecule has 0 bridgehead atoms. The molecule has 0 fully saturated rings. The first-order valence-electron chi connectivity index (χ1n) is 8.82. The fourth-order valence-corrected chi connectivity index (χ4v) is 4.99. The molecule has 3 heterocycles. The monoisotopic (exact) mass is 404 g/mol. The van der Waals surface area contributed by atoms with Crippen molar-refractivity contribution in [1.29, 1.82) is 0 Å². The van der Waals surface area contributed by atoms with Gasteiger partial charge in [-0.05, 0) is 24.3 Å². The lowest BCUT2D eigenvalue weighted by molar-refractivity contribution is 0.0946. The van der Waals surface area contributed by atoms with Crippen LogP contribution in [0.3, 0.4) is 0 Å². The predicted molar refractivity (Wildman–Crippen MR) is 115 cm³/mol. The van der Waals surface area contributed by atoms with Gasteiger partial charge >= 0.3 is 0 Å². The van der Waals surface area contributed by atoms with Crippen LogP contribution in [-0.2, 0) is 13.6 Å². The van der Waals surface area contributed by atoms with E-state index in [1.54, 1.807) is 16.7 Å². The predicted octanol–water partition coefficient (Wildman–Crippen LogP) is 4.84. The van der Waals surface area contributed by atoms with Crippen LogP contribution in [0.15, 0.2) is 60.0 Å². The molecule has 2 aromatic carbocycles. The summed E-state index contributed by atoms with van der Waals surface area (Å²) in [5, 5.41) is 7.62. The molecule has 5 nitrogen and oxygen atoms in total. The van der Waals surface area contributed by atoms with Crippen LogP contribution in [0.1, 0.15) is 15.5 Å². The van der Waals surface area contributed by atoms with Crippen molar-refractivity contribution in [2.45, 2.75) is 6.54 Å². The molecule has 0 aliphatic rings. The SMILES string of the molecule is Cn1c(-c2nc(C(=O)NCc3nc4ccccc4s3)cs2)cc2ccccc21. The van der Waals surface area contributed by atoms with Gasteiger partial charge in [0.05, 0.1) is 22.5 Å². The highest BCUT2D eigenvalue weighted by atomic mass is 32.1. The Morgan fingerprint density at radius 1 is 1.11 bits per heavy atom. The van der Waals surface area contributed by atoms with Gasteiger partial charge in [-0.2, -0.15) is 0 Å². The van der Waals surface area contributed by atoms with Crippen molar-refractivity contribution in [2.75, 3.05) is 0 Å². The molecule has 0 saturated carbocycles. The highest BCUT2D eigenvalue weighted by molar-refractivity contribution is 7.18. The Balaban J connectivity index is 1.35. The summed E-state index contributed by atoms with van der Waals surface area (Å²) in [4.78, 5) is 21.6. The third-order valence-electron chi connectivity index (χ3n) is 4.65. The van der Waals surface area contributed by atoms with E-state index in [2.05, 4.69) is 38.1 Å². The van der Waals surface area contributed by atoms with Crippen molar-refractivity contribution in [1.82, 2.24) is 19.9 Å². The van der Waals surface area contributed by atoms with E-state index >= 15 is 0 Å². The van der Waals surface area contributed by atoms with Crippen LogP contribution in [0, 0.1) is 0 Å². The largest absolute Gasteiger partial charge is 0.344 e. The quantitative estimate of drug-likeness (QED) is 0.466. The first-order chi connectivity index (χ1) is 13.7. The highest BCUT2D eigenvalue weighted by Gasteiger charge is 2.15. The van der Waals surface area contributed by atoms with Crippen LogP contribution in [0.2, 0.25) is 0 Å². The van der Waals surface area contributed by atoms with Crippen LogP contribution < -0.4 is 5.32 Å². The Kier molecular flexibility index (Phi) is 4.18. The van der Waals surface area contributed by atoms with E-state index in [0.717, 1.165) is 36.8 Å².